The molecule has 0 saturated heterocycles. The molecule has 8 heavy (non-hydrogen) atoms. The molecule has 0 aromatic rings. The Morgan fingerprint density at radius 2 is 2.62 bits per heavy atom. The molecule has 1 atom stereocenters. The average Bonchev–Trinajstić information content (AvgIpc) is 1.77. The molecule has 0 amide bonds. The first-order valence-corrected chi connectivity index (χ1v) is 2.39. The molecule has 0 aromatic carbocycles. The van der Waals surface area contributed by atoms with Crippen LogP contribution in [0.5, 0.6) is 0 Å². The smallest absolute Gasteiger partial charge is 0.330 e. The summed E-state index contributed by atoms with van der Waals surface area (Å²) >= 11 is 0. The molecule has 0 bridgehead atoms. The Morgan fingerprint density at radius 1 is 1.88 bits per heavy atom. The highest BCUT2D eigenvalue weighted by Gasteiger charge is 2.07. The van der Waals surface area contributed by atoms with Crippen molar-refractivity contribution in [2.75, 3.05) is 6.61 Å². The van der Waals surface area contributed by atoms with Gasteiger partial charge in [-0.2, -0.15) is 0 Å². The zero-order valence-electron chi connectivity index (χ0n) is 4.33. The van der Waals surface area contributed by atoms with E-state index in [1.165, 1.54) is 6.08 Å². The summed E-state index contributed by atoms with van der Waals surface area (Å²) in [5.74, 6) is -0.299. The van der Waals surface area contributed by atoms with E-state index in [1.54, 1.807) is 6.08 Å². The topological polar surface area (TPSA) is 52.3 Å². The van der Waals surface area contributed by atoms with Crippen molar-refractivity contribution in [3.63, 3.8) is 0 Å². The first kappa shape index (κ1) is 5.31. The number of hydrogen-bond donors (Lipinski definition) is 1. The molecule has 0 aromatic heterocycles. The van der Waals surface area contributed by atoms with Crippen molar-refractivity contribution in [2.24, 2.45) is 5.73 Å². The van der Waals surface area contributed by atoms with Crippen molar-refractivity contribution in [3.05, 3.63) is 12.2 Å². The summed E-state index contributed by atoms with van der Waals surface area (Å²) in [6.07, 6.45) is 2.97. The first-order chi connectivity index (χ1) is 3.79. The quantitative estimate of drug-likeness (QED) is 0.428. The Balaban J connectivity index is 2.55. The van der Waals surface area contributed by atoms with Gasteiger partial charge in [-0.3, -0.25) is 0 Å². The molecule has 0 aliphatic carbocycles. The highest BCUT2D eigenvalue weighted by molar-refractivity contribution is 5.82. The fraction of sp³-hybridized carbons (Fsp3) is 0.400. The van der Waals surface area contributed by atoms with Gasteiger partial charge in [-0.15, -0.1) is 0 Å². The summed E-state index contributed by atoms with van der Waals surface area (Å²) in [6.45, 7) is 0.315. The van der Waals surface area contributed by atoms with Crippen LogP contribution in [0.4, 0.5) is 0 Å². The molecule has 0 fully saturated rings. The van der Waals surface area contributed by atoms with E-state index in [4.69, 9.17) is 5.73 Å². The second kappa shape index (κ2) is 1.96. The van der Waals surface area contributed by atoms with Crippen LogP contribution in [0.15, 0.2) is 12.2 Å². The number of esters is 1. The predicted octanol–water partition coefficient (Wildman–Crippen LogP) is -0.573. The minimum Gasteiger partial charge on any atom is -0.461 e. The van der Waals surface area contributed by atoms with Crippen LogP contribution in [-0.2, 0) is 9.53 Å². The molecule has 3 nitrogen and oxygen atoms in total. The fourth-order valence-corrected chi connectivity index (χ4v) is 0.484. The molecule has 0 saturated carbocycles. The third kappa shape index (κ3) is 1.07. The van der Waals surface area contributed by atoms with Gasteiger partial charge in [0.2, 0.25) is 0 Å². The Hall–Kier alpha value is -0.830. The number of nitrogens with two attached hydrogens (primary N) is 1. The second-order valence-electron chi connectivity index (χ2n) is 1.65. The van der Waals surface area contributed by atoms with Crippen LogP contribution >= 0.6 is 0 Å². The maximum absolute atomic E-state index is 10.2. The Bertz CT molecular complexity index is 130. The van der Waals surface area contributed by atoms with Crippen LogP contribution in [0.25, 0.3) is 0 Å². The average molecular weight is 113 g/mol. The van der Waals surface area contributed by atoms with Gasteiger partial charge in [-0.1, -0.05) is 6.08 Å². The van der Waals surface area contributed by atoms with E-state index in [0.717, 1.165) is 0 Å². The SMILES string of the molecule is NC1C=CC(=O)OC1. The Labute approximate surface area is 47.1 Å². The predicted molar refractivity (Wildman–Crippen MR) is 28.1 cm³/mol. The fourth-order valence-electron chi connectivity index (χ4n) is 0.484. The molecular formula is C5H7NO2. The summed E-state index contributed by atoms with van der Waals surface area (Å²) < 4.78 is 4.54. The van der Waals surface area contributed by atoms with Crippen LogP contribution in [0.3, 0.4) is 0 Å². The van der Waals surface area contributed by atoms with Crippen LogP contribution in [-0.4, -0.2) is 18.6 Å². The zero-order valence-corrected chi connectivity index (χ0v) is 4.33. The highest BCUT2D eigenvalue weighted by Crippen LogP contribution is 1.93. The van der Waals surface area contributed by atoms with Crippen LogP contribution in [0.1, 0.15) is 0 Å². The molecular weight excluding hydrogens is 106 g/mol. The van der Waals surface area contributed by atoms with Gasteiger partial charge in [0, 0.05) is 6.08 Å². The van der Waals surface area contributed by atoms with Crippen molar-refractivity contribution in [1.29, 1.82) is 0 Å². The van der Waals surface area contributed by atoms with Gasteiger partial charge in [-0.05, 0) is 0 Å². The number of rotatable bonds is 0. The summed E-state index contributed by atoms with van der Waals surface area (Å²) in [7, 11) is 0. The summed E-state index contributed by atoms with van der Waals surface area (Å²) in [4.78, 5) is 10.2. The standard InChI is InChI=1S/C5H7NO2/c6-4-1-2-5(7)8-3-4/h1-2,4H,3,6H2. The van der Waals surface area contributed by atoms with Gasteiger partial charge >= 0.3 is 5.97 Å². The lowest BCUT2D eigenvalue weighted by atomic mass is 10.3. The van der Waals surface area contributed by atoms with Crippen molar-refractivity contribution < 1.29 is 9.53 Å². The van der Waals surface area contributed by atoms with Crippen molar-refractivity contribution >= 4 is 5.97 Å². The lowest BCUT2D eigenvalue weighted by Crippen LogP contribution is -2.28. The molecule has 1 unspecified atom stereocenters. The minimum absolute atomic E-state index is 0.104. The van der Waals surface area contributed by atoms with E-state index in [0.29, 0.717) is 6.61 Å². The zero-order chi connectivity index (χ0) is 5.98. The molecule has 1 aliphatic rings. The van der Waals surface area contributed by atoms with E-state index in [2.05, 4.69) is 4.74 Å². The van der Waals surface area contributed by atoms with Gasteiger partial charge in [0.05, 0.1) is 6.04 Å². The summed E-state index contributed by atoms with van der Waals surface area (Å²) in [6, 6.07) is -0.104. The van der Waals surface area contributed by atoms with Crippen LogP contribution < -0.4 is 5.73 Å². The normalized spacial score (nSPS) is 27.6. The number of cyclic esters (lactones) is 1. The van der Waals surface area contributed by atoms with Crippen LogP contribution in [0, 0.1) is 0 Å². The van der Waals surface area contributed by atoms with Gasteiger partial charge in [-0.25, -0.2) is 4.79 Å². The molecule has 1 heterocycles. The molecule has 1 rings (SSSR count). The lowest BCUT2D eigenvalue weighted by Gasteiger charge is -2.10. The highest BCUT2D eigenvalue weighted by atomic mass is 16.5. The van der Waals surface area contributed by atoms with E-state index in [9.17, 15) is 4.79 Å². The number of ether oxygens (including phenoxy) is 1. The van der Waals surface area contributed by atoms with Gasteiger partial charge in [0.25, 0.3) is 0 Å². The molecule has 2 N–H and O–H groups in total. The molecule has 3 heteroatoms. The second-order valence-corrected chi connectivity index (χ2v) is 1.65. The van der Waals surface area contributed by atoms with Gasteiger partial charge in [0.1, 0.15) is 6.61 Å². The van der Waals surface area contributed by atoms with E-state index >= 15 is 0 Å². The van der Waals surface area contributed by atoms with E-state index in [-0.39, 0.29) is 12.0 Å². The van der Waals surface area contributed by atoms with E-state index < -0.39 is 0 Å². The molecule has 0 spiro atoms. The minimum atomic E-state index is -0.299. The maximum Gasteiger partial charge on any atom is 0.330 e. The molecule has 1 aliphatic heterocycles. The molecule has 44 valence electrons. The number of hydrogen-bond acceptors (Lipinski definition) is 3. The lowest BCUT2D eigenvalue weighted by molar-refractivity contribution is -0.138. The third-order valence-electron chi connectivity index (χ3n) is 0.898. The largest absolute Gasteiger partial charge is 0.461 e. The summed E-state index contributed by atoms with van der Waals surface area (Å²) in [5, 5.41) is 0. The Morgan fingerprint density at radius 3 is 3.00 bits per heavy atom. The van der Waals surface area contributed by atoms with Crippen molar-refractivity contribution in [2.45, 2.75) is 6.04 Å². The maximum atomic E-state index is 10.2. The van der Waals surface area contributed by atoms with Gasteiger partial charge in [0.15, 0.2) is 0 Å². The number of carbonyl (C=O) groups is 1. The molecule has 0 radical (unpaired) electrons. The van der Waals surface area contributed by atoms with E-state index in [1.807, 2.05) is 0 Å². The number of carbonyl (C=O) groups excluding carboxylic acids is 1. The van der Waals surface area contributed by atoms with Crippen LogP contribution in [0.2, 0.25) is 0 Å². The van der Waals surface area contributed by atoms with Crippen molar-refractivity contribution in [3.8, 4) is 0 Å². The van der Waals surface area contributed by atoms with Gasteiger partial charge < -0.3 is 10.5 Å². The Kier molecular flexibility index (Phi) is 1.30. The van der Waals surface area contributed by atoms with Crippen molar-refractivity contribution in [1.82, 2.24) is 0 Å². The first-order valence-electron chi connectivity index (χ1n) is 2.39. The third-order valence-corrected chi connectivity index (χ3v) is 0.898. The monoisotopic (exact) mass is 113 g/mol. The summed E-state index contributed by atoms with van der Waals surface area (Å²) in [5.41, 5.74) is 5.33.